The zero-order valence-corrected chi connectivity index (χ0v) is 11.9. The summed E-state index contributed by atoms with van der Waals surface area (Å²) < 4.78 is 11.2. The molecule has 0 aromatic rings. The Hall–Kier alpha value is -0.980. The number of rotatable bonds is 8. The molecule has 1 heterocycles. The summed E-state index contributed by atoms with van der Waals surface area (Å²) in [5, 5.41) is 20.6. The van der Waals surface area contributed by atoms with Gasteiger partial charge in [-0.25, -0.2) is 0 Å². The molecule has 4 atom stereocenters. The fourth-order valence-electron chi connectivity index (χ4n) is 2.35. The van der Waals surface area contributed by atoms with Gasteiger partial charge in [-0.3, -0.25) is 4.90 Å². The summed E-state index contributed by atoms with van der Waals surface area (Å²) in [5.74, 6) is 0. The molecule has 0 radical (unpaired) electrons. The first kappa shape index (κ1) is 17.1. The highest BCUT2D eigenvalue weighted by Gasteiger charge is 2.39. The van der Waals surface area contributed by atoms with Crippen LogP contribution in [0.1, 0.15) is 0 Å². The molecule has 1 aliphatic heterocycles. The number of likely N-dealkylation sites (tertiary alicyclic amines) is 1. The highest BCUT2D eigenvalue weighted by atomic mass is 16.6. The van der Waals surface area contributed by atoms with Crippen LogP contribution in [0.2, 0.25) is 0 Å². The largest absolute Gasteiger partial charge is 0.389 e. The Morgan fingerprint density at radius 1 is 0.900 bits per heavy atom. The van der Waals surface area contributed by atoms with Crippen molar-refractivity contribution in [2.45, 2.75) is 24.4 Å². The number of nitrogens with zero attached hydrogens (tertiary/aromatic N) is 1. The molecule has 1 saturated heterocycles. The van der Waals surface area contributed by atoms with Gasteiger partial charge >= 0.3 is 0 Å². The summed E-state index contributed by atoms with van der Waals surface area (Å²) >= 11 is 0. The highest BCUT2D eigenvalue weighted by molar-refractivity contribution is 4.93. The maximum atomic E-state index is 10.3. The van der Waals surface area contributed by atoms with Crippen LogP contribution in [0.5, 0.6) is 0 Å². The predicted octanol–water partition coefficient (Wildman–Crippen LogP) is 0.352. The smallest absolute Gasteiger partial charge is 0.114 e. The molecule has 0 aromatic heterocycles. The van der Waals surface area contributed by atoms with Gasteiger partial charge in [-0.05, 0) is 0 Å². The Kier molecular flexibility index (Phi) is 7.72. The minimum atomic E-state index is -0.748. The Morgan fingerprint density at radius 3 is 1.70 bits per heavy atom. The number of aliphatic hydroxyl groups excluding tert-OH is 2. The van der Waals surface area contributed by atoms with E-state index >= 15 is 0 Å². The average Bonchev–Trinajstić information content (AvgIpc) is 2.52. The predicted molar refractivity (Wildman–Crippen MR) is 78.5 cm³/mol. The summed E-state index contributed by atoms with van der Waals surface area (Å²) in [6.45, 7) is 12.9. The van der Waals surface area contributed by atoms with Gasteiger partial charge in [0.2, 0.25) is 0 Å². The first-order valence-electron chi connectivity index (χ1n) is 6.78. The summed E-state index contributed by atoms with van der Waals surface area (Å²) in [6.07, 6.45) is 2.26. The van der Waals surface area contributed by atoms with Gasteiger partial charge in [-0.2, -0.15) is 0 Å². The fourth-order valence-corrected chi connectivity index (χ4v) is 2.35. The van der Waals surface area contributed by atoms with Crippen LogP contribution in [0.4, 0.5) is 0 Å². The zero-order chi connectivity index (χ0) is 15.0. The van der Waals surface area contributed by atoms with Crippen LogP contribution in [0.15, 0.2) is 38.0 Å². The Balaban J connectivity index is 2.83. The van der Waals surface area contributed by atoms with Crippen LogP contribution in [-0.2, 0) is 9.47 Å². The van der Waals surface area contributed by atoms with Gasteiger partial charge in [0.15, 0.2) is 0 Å². The van der Waals surface area contributed by atoms with E-state index in [1.165, 1.54) is 0 Å². The maximum Gasteiger partial charge on any atom is 0.114 e. The second kappa shape index (κ2) is 9.05. The standard InChI is InChI=1S/C15H25NO4/c1-4-7-16-10-12(17)14(19-8-5-2)15(13(18)11-16)20-9-6-3/h4-6,12-15,17-18H,1-3,7-11H2/t12-,13-,14-,15-/m1/s1. The van der Waals surface area contributed by atoms with Crippen LogP contribution >= 0.6 is 0 Å². The lowest BCUT2D eigenvalue weighted by Gasteiger charge is -2.30. The molecule has 0 bridgehead atoms. The molecule has 0 spiro atoms. The van der Waals surface area contributed by atoms with E-state index in [2.05, 4.69) is 19.7 Å². The molecule has 1 rings (SSSR count). The molecule has 20 heavy (non-hydrogen) atoms. The van der Waals surface area contributed by atoms with Crippen molar-refractivity contribution in [2.24, 2.45) is 0 Å². The number of ether oxygens (including phenoxy) is 2. The van der Waals surface area contributed by atoms with E-state index in [1.807, 2.05) is 4.90 Å². The number of aliphatic hydroxyl groups is 2. The van der Waals surface area contributed by atoms with Gasteiger partial charge in [0, 0.05) is 19.6 Å². The minimum absolute atomic E-state index is 0.295. The zero-order valence-electron chi connectivity index (χ0n) is 11.9. The molecule has 1 fully saturated rings. The van der Waals surface area contributed by atoms with Gasteiger partial charge in [-0.15, -0.1) is 19.7 Å². The second-order valence-corrected chi connectivity index (χ2v) is 4.82. The van der Waals surface area contributed by atoms with Crippen molar-refractivity contribution in [3.05, 3.63) is 38.0 Å². The molecular weight excluding hydrogens is 258 g/mol. The third-order valence-corrected chi connectivity index (χ3v) is 3.17. The van der Waals surface area contributed by atoms with Gasteiger partial charge < -0.3 is 19.7 Å². The second-order valence-electron chi connectivity index (χ2n) is 4.82. The first-order valence-corrected chi connectivity index (χ1v) is 6.78. The molecule has 2 N–H and O–H groups in total. The van der Waals surface area contributed by atoms with Crippen molar-refractivity contribution in [1.82, 2.24) is 4.90 Å². The van der Waals surface area contributed by atoms with Crippen LogP contribution in [0.25, 0.3) is 0 Å². The highest BCUT2D eigenvalue weighted by Crippen LogP contribution is 2.19. The van der Waals surface area contributed by atoms with Gasteiger partial charge in [0.1, 0.15) is 12.2 Å². The van der Waals surface area contributed by atoms with Crippen LogP contribution < -0.4 is 0 Å². The molecule has 5 heteroatoms. The van der Waals surface area contributed by atoms with Crippen molar-refractivity contribution in [1.29, 1.82) is 0 Å². The lowest BCUT2D eigenvalue weighted by atomic mass is 10.0. The monoisotopic (exact) mass is 283 g/mol. The van der Waals surface area contributed by atoms with Gasteiger partial charge in [0.05, 0.1) is 25.4 Å². The van der Waals surface area contributed by atoms with E-state index in [4.69, 9.17) is 9.47 Å². The molecule has 1 aliphatic rings. The van der Waals surface area contributed by atoms with Gasteiger partial charge in [-0.1, -0.05) is 18.2 Å². The number of hydrogen-bond acceptors (Lipinski definition) is 5. The van der Waals surface area contributed by atoms with Crippen molar-refractivity contribution in [2.75, 3.05) is 32.8 Å². The molecule has 0 aliphatic carbocycles. The van der Waals surface area contributed by atoms with Crippen molar-refractivity contribution >= 4 is 0 Å². The molecular formula is C15H25NO4. The Bertz CT molecular complexity index is 295. The third-order valence-electron chi connectivity index (χ3n) is 3.17. The average molecular weight is 283 g/mol. The minimum Gasteiger partial charge on any atom is -0.389 e. The summed E-state index contributed by atoms with van der Waals surface area (Å²) in [7, 11) is 0. The van der Waals surface area contributed by atoms with E-state index in [0.29, 0.717) is 32.8 Å². The van der Waals surface area contributed by atoms with E-state index < -0.39 is 24.4 Å². The van der Waals surface area contributed by atoms with Gasteiger partial charge in [0.25, 0.3) is 0 Å². The molecule has 0 saturated carbocycles. The van der Waals surface area contributed by atoms with E-state index in [-0.39, 0.29) is 0 Å². The molecule has 5 nitrogen and oxygen atoms in total. The number of β-amino-alcohol motifs (C(OH)–C–C–N with tert-alkyl or cyclic N) is 2. The fraction of sp³-hybridized carbons (Fsp3) is 0.600. The lowest BCUT2D eigenvalue weighted by Crippen LogP contribution is -2.47. The van der Waals surface area contributed by atoms with Crippen molar-refractivity contribution in [3.8, 4) is 0 Å². The lowest BCUT2D eigenvalue weighted by molar-refractivity contribution is -0.136. The maximum absolute atomic E-state index is 10.3. The van der Waals surface area contributed by atoms with E-state index in [9.17, 15) is 10.2 Å². The van der Waals surface area contributed by atoms with Crippen molar-refractivity contribution < 1.29 is 19.7 Å². The van der Waals surface area contributed by atoms with Crippen LogP contribution in [-0.4, -0.2) is 72.4 Å². The van der Waals surface area contributed by atoms with E-state index in [0.717, 1.165) is 0 Å². The summed E-state index contributed by atoms with van der Waals surface area (Å²) in [6, 6.07) is 0. The van der Waals surface area contributed by atoms with Crippen LogP contribution in [0.3, 0.4) is 0 Å². The normalized spacial score (nSPS) is 31.5. The molecule has 114 valence electrons. The summed E-state index contributed by atoms with van der Waals surface area (Å²) in [5.41, 5.74) is 0. The Labute approximate surface area is 120 Å². The molecule has 0 unspecified atom stereocenters. The SMILES string of the molecule is C=CCO[C@H]1[C@H](OCC=C)[C@H](O)CN(CC=C)C[C@H]1O. The first-order chi connectivity index (χ1) is 9.63. The van der Waals surface area contributed by atoms with E-state index in [1.54, 1.807) is 18.2 Å². The quantitative estimate of drug-likeness (QED) is 0.630. The van der Waals surface area contributed by atoms with Crippen molar-refractivity contribution in [3.63, 3.8) is 0 Å². The summed E-state index contributed by atoms with van der Waals surface area (Å²) in [4.78, 5) is 1.92. The molecule has 0 aromatic carbocycles. The third kappa shape index (κ3) is 4.85. The topological polar surface area (TPSA) is 62.2 Å². The number of hydrogen-bond donors (Lipinski definition) is 2. The molecule has 0 amide bonds. The van der Waals surface area contributed by atoms with Crippen LogP contribution in [0, 0.1) is 0 Å². The Morgan fingerprint density at radius 2 is 1.35 bits per heavy atom.